The summed E-state index contributed by atoms with van der Waals surface area (Å²) in [6.07, 6.45) is 9.16. The molecule has 108 valence electrons. The van der Waals surface area contributed by atoms with E-state index in [0.717, 1.165) is 6.54 Å². The van der Waals surface area contributed by atoms with Crippen LogP contribution in [-0.4, -0.2) is 12.6 Å². The summed E-state index contributed by atoms with van der Waals surface area (Å²) in [6, 6.07) is 9.66. The largest absolute Gasteiger partial charge is 0.314 e. The van der Waals surface area contributed by atoms with Crippen molar-refractivity contribution >= 4 is 0 Å². The van der Waals surface area contributed by atoms with Gasteiger partial charge in [-0.3, -0.25) is 0 Å². The Hall–Kier alpha value is -0.820. The fraction of sp³-hybridized carbons (Fsp3) is 0.667. The van der Waals surface area contributed by atoms with E-state index in [1.165, 1.54) is 56.1 Å². The summed E-state index contributed by atoms with van der Waals surface area (Å²) >= 11 is 0. The first-order valence-electron chi connectivity index (χ1n) is 8.05. The first-order chi connectivity index (χ1) is 9.26. The molecule has 1 aromatic carbocycles. The number of nitrogens with one attached hydrogen (secondary N) is 1. The summed E-state index contributed by atoms with van der Waals surface area (Å²) in [5.74, 6) is 0. The monoisotopic (exact) mass is 261 g/mol. The third-order valence-electron chi connectivity index (χ3n) is 3.69. The van der Waals surface area contributed by atoms with E-state index >= 15 is 0 Å². The van der Waals surface area contributed by atoms with Crippen molar-refractivity contribution in [2.75, 3.05) is 6.54 Å². The van der Waals surface area contributed by atoms with Crippen molar-refractivity contribution in [3.8, 4) is 0 Å². The van der Waals surface area contributed by atoms with E-state index in [0.29, 0.717) is 6.04 Å². The van der Waals surface area contributed by atoms with Gasteiger partial charge in [-0.2, -0.15) is 0 Å². The molecule has 1 N–H and O–H groups in total. The molecule has 0 fully saturated rings. The highest BCUT2D eigenvalue weighted by Crippen LogP contribution is 2.12. The maximum atomic E-state index is 3.71. The van der Waals surface area contributed by atoms with Crippen LogP contribution in [0.3, 0.4) is 0 Å². The van der Waals surface area contributed by atoms with Crippen LogP contribution in [0.1, 0.15) is 63.5 Å². The second kappa shape index (κ2) is 10.0. The minimum absolute atomic E-state index is 0.652. The highest BCUT2D eigenvalue weighted by Gasteiger charge is 2.08. The molecule has 0 saturated carbocycles. The van der Waals surface area contributed by atoms with Gasteiger partial charge in [0.15, 0.2) is 0 Å². The molecule has 0 bridgehead atoms. The molecule has 0 aliphatic rings. The maximum Gasteiger partial charge on any atom is 0.0107 e. The van der Waals surface area contributed by atoms with Crippen molar-refractivity contribution in [3.05, 3.63) is 35.4 Å². The molecule has 0 radical (unpaired) electrons. The summed E-state index contributed by atoms with van der Waals surface area (Å²) in [4.78, 5) is 0. The normalized spacial score (nSPS) is 12.6. The van der Waals surface area contributed by atoms with Crippen molar-refractivity contribution in [1.82, 2.24) is 5.32 Å². The van der Waals surface area contributed by atoms with Crippen molar-refractivity contribution in [1.29, 1.82) is 0 Å². The lowest BCUT2D eigenvalue weighted by Gasteiger charge is -2.18. The van der Waals surface area contributed by atoms with E-state index in [-0.39, 0.29) is 0 Å². The molecule has 0 aliphatic heterocycles. The minimum atomic E-state index is 0.652. The molecule has 1 heteroatoms. The maximum absolute atomic E-state index is 3.71. The average molecular weight is 261 g/mol. The smallest absolute Gasteiger partial charge is 0.0107 e. The van der Waals surface area contributed by atoms with Crippen LogP contribution in [-0.2, 0) is 6.42 Å². The number of rotatable bonds is 10. The topological polar surface area (TPSA) is 12.0 Å². The van der Waals surface area contributed by atoms with Crippen LogP contribution in [0.2, 0.25) is 0 Å². The van der Waals surface area contributed by atoms with Crippen LogP contribution < -0.4 is 5.32 Å². The molecular formula is C18H31N. The van der Waals surface area contributed by atoms with Crippen LogP contribution in [0.15, 0.2) is 24.3 Å². The fourth-order valence-corrected chi connectivity index (χ4v) is 2.45. The van der Waals surface area contributed by atoms with Crippen molar-refractivity contribution in [3.63, 3.8) is 0 Å². The molecule has 0 saturated heterocycles. The lowest BCUT2D eigenvalue weighted by atomic mass is 9.99. The van der Waals surface area contributed by atoms with Crippen LogP contribution in [0.4, 0.5) is 0 Å². The van der Waals surface area contributed by atoms with E-state index in [1.807, 2.05) is 0 Å². The van der Waals surface area contributed by atoms with Crippen LogP contribution in [0.5, 0.6) is 0 Å². The molecule has 0 spiro atoms. The summed E-state index contributed by atoms with van der Waals surface area (Å²) in [5.41, 5.74) is 2.82. The number of hydrogen-bond acceptors (Lipinski definition) is 1. The van der Waals surface area contributed by atoms with E-state index in [9.17, 15) is 0 Å². The zero-order valence-electron chi connectivity index (χ0n) is 13.0. The Kier molecular flexibility index (Phi) is 8.57. The average Bonchev–Trinajstić information content (AvgIpc) is 2.43. The predicted molar refractivity (Wildman–Crippen MR) is 85.7 cm³/mol. The van der Waals surface area contributed by atoms with Gasteiger partial charge >= 0.3 is 0 Å². The van der Waals surface area contributed by atoms with Gasteiger partial charge < -0.3 is 5.32 Å². The molecular weight excluding hydrogens is 230 g/mol. The molecule has 1 rings (SSSR count). The lowest BCUT2D eigenvalue weighted by Crippen LogP contribution is -2.31. The van der Waals surface area contributed by atoms with Gasteiger partial charge in [-0.05, 0) is 38.3 Å². The molecule has 1 unspecified atom stereocenters. The molecule has 0 amide bonds. The second-order valence-corrected chi connectivity index (χ2v) is 5.69. The summed E-state index contributed by atoms with van der Waals surface area (Å²) < 4.78 is 0. The van der Waals surface area contributed by atoms with E-state index < -0.39 is 0 Å². The Bertz CT molecular complexity index is 315. The number of unbranched alkanes of at least 4 members (excludes halogenated alkanes) is 3. The van der Waals surface area contributed by atoms with Gasteiger partial charge in [0.25, 0.3) is 0 Å². The third kappa shape index (κ3) is 7.37. The van der Waals surface area contributed by atoms with Crippen molar-refractivity contribution < 1.29 is 0 Å². The Morgan fingerprint density at radius 2 is 1.68 bits per heavy atom. The zero-order valence-corrected chi connectivity index (χ0v) is 13.0. The van der Waals surface area contributed by atoms with E-state index in [4.69, 9.17) is 0 Å². The van der Waals surface area contributed by atoms with Gasteiger partial charge in [-0.25, -0.2) is 0 Å². The fourth-order valence-electron chi connectivity index (χ4n) is 2.45. The van der Waals surface area contributed by atoms with Gasteiger partial charge in [0, 0.05) is 6.04 Å². The minimum Gasteiger partial charge on any atom is -0.314 e. The summed E-state index contributed by atoms with van der Waals surface area (Å²) in [6.45, 7) is 7.82. The highest BCUT2D eigenvalue weighted by molar-refractivity contribution is 5.22. The van der Waals surface area contributed by atoms with Crippen LogP contribution in [0, 0.1) is 6.92 Å². The van der Waals surface area contributed by atoms with Gasteiger partial charge in [-0.1, -0.05) is 69.4 Å². The number of aryl methyl sites for hydroxylation is 1. The molecule has 0 aromatic heterocycles. The molecule has 19 heavy (non-hydrogen) atoms. The zero-order chi connectivity index (χ0) is 13.9. The van der Waals surface area contributed by atoms with Crippen molar-refractivity contribution in [2.24, 2.45) is 0 Å². The Morgan fingerprint density at radius 3 is 2.32 bits per heavy atom. The SMILES string of the molecule is CCCCCCC(Cc1ccc(C)cc1)NCCC. The van der Waals surface area contributed by atoms with Crippen LogP contribution >= 0.6 is 0 Å². The second-order valence-electron chi connectivity index (χ2n) is 5.69. The first-order valence-corrected chi connectivity index (χ1v) is 8.05. The number of hydrogen-bond donors (Lipinski definition) is 1. The van der Waals surface area contributed by atoms with Gasteiger partial charge in [0.1, 0.15) is 0 Å². The van der Waals surface area contributed by atoms with Gasteiger partial charge in [-0.15, -0.1) is 0 Å². The van der Waals surface area contributed by atoms with Gasteiger partial charge in [0.05, 0.1) is 0 Å². The predicted octanol–water partition coefficient (Wildman–Crippen LogP) is 4.88. The Balaban J connectivity index is 2.41. The van der Waals surface area contributed by atoms with E-state index in [1.54, 1.807) is 0 Å². The summed E-state index contributed by atoms with van der Waals surface area (Å²) in [5, 5.41) is 3.71. The molecule has 1 atom stereocenters. The first kappa shape index (κ1) is 16.2. The highest BCUT2D eigenvalue weighted by atomic mass is 14.9. The Morgan fingerprint density at radius 1 is 0.947 bits per heavy atom. The van der Waals surface area contributed by atoms with Crippen molar-refractivity contribution in [2.45, 2.75) is 71.8 Å². The lowest BCUT2D eigenvalue weighted by molar-refractivity contribution is 0.453. The third-order valence-corrected chi connectivity index (χ3v) is 3.69. The van der Waals surface area contributed by atoms with E-state index in [2.05, 4.69) is 50.4 Å². The molecule has 1 aromatic rings. The number of benzene rings is 1. The quantitative estimate of drug-likeness (QED) is 0.592. The molecule has 0 aliphatic carbocycles. The standard InChI is InChI=1S/C18H31N/c1-4-6-7-8-9-18(19-14-5-2)15-17-12-10-16(3)11-13-17/h10-13,18-19H,4-9,14-15H2,1-3H3. The summed E-state index contributed by atoms with van der Waals surface area (Å²) in [7, 11) is 0. The molecule has 0 heterocycles. The Labute approximate surface area is 119 Å². The molecule has 1 nitrogen and oxygen atoms in total. The van der Waals surface area contributed by atoms with Crippen LogP contribution in [0.25, 0.3) is 0 Å². The van der Waals surface area contributed by atoms with Gasteiger partial charge in [0.2, 0.25) is 0 Å².